The minimum atomic E-state index is 0.479. The molecule has 1 atom stereocenters. The molecule has 1 unspecified atom stereocenters. The van der Waals surface area contributed by atoms with Gasteiger partial charge in [-0.15, -0.1) is 0 Å². The van der Waals surface area contributed by atoms with Crippen molar-refractivity contribution >= 4 is 16.3 Å². The molecule has 0 saturated heterocycles. The predicted octanol–water partition coefficient (Wildman–Crippen LogP) is 7.88. The average Bonchev–Trinajstić information content (AvgIpc) is 3.35. The van der Waals surface area contributed by atoms with E-state index >= 15 is 0 Å². The van der Waals surface area contributed by atoms with Gasteiger partial charge in [0, 0.05) is 35.2 Å². The zero-order chi connectivity index (χ0) is 21.2. The lowest BCUT2D eigenvalue weighted by Crippen LogP contribution is -2.03. The van der Waals surface area contributed by atoms with Gasteiger partial charge in [-0.3, -0.25) is 9.97 Å². The van der Waals surface area contributed by atoms with Gasteiger partial charge >= 0.3 is 0 Å². The van der Waals surface area contributed by atoms with Gasteiger partial charge in [-0.25, -0.2) is 0 Å². The number of benzene rings is 1. The first-order chi connectivity index (χ1) is 15.2. The van der Waals surface area contributed by atoms with Gasteiger partial charge in [0.1, 0.15) is 0 Å². The Morgan fingerprint density at radius 1 is 1.06 bits per heavy atom. The van der Waals surface area contributed by atoms with Crippen molar-refractivity contribution in [2.75, 3.05) is 0 Å². The van der Waals surface area contributed by atoms with Gasteiger partial charge in [0.05, 0.1) is 11.4 Å². The van der Waals surface area contributed by atoms with E-state index in [1.807, 2.05) is 18.5 Å². The van der Waals surface area contributed by atoms with Crippen LogP contribution in [0.1, 0.15) is 62.6 Å². The smallest absolute Gasteiger partial charge is 0.0727 e. The number of pyridine rings is 2. The maximum absolute atomic E-state index is 5.20. The fourth-order valence-electron chi connectivity index (χ4n) is 5.10. The van der Waals surface area contributed by atoms with E-state index in [9.17, 15) is 0 Å². The van der Waals surface area contributed by atoms with Crippen LogP contribution in [0.5, 0.6) is 0 Å². The molecule has 2 nitrogen and oxygen atoms in total. The van der Waals surface area contributed by atoms with Crippen LogP contribution in [-0.4, -0.2) is 9.97 Å². The fourth-order valence-corrected chi connectivity index (χ4v) is 5.10. The van der Waals surface area contributed by atoms with Gasteiger partial charge in [-0.1, -0.05) is 63.1 Å². The molecule has 1 fully saturated rings. The first-order valence-electron chi connectivity index (χ1n) is 11.7. The maximum atomic E-state index is 5.20. The Balaban J connectivity index is 1.60. The number of hydrogen-bond donors (Lipinski definition) is 0. The van der Waals surface area contributed by atoms with Gasteiger partial charge in [-0.2, -0.15) is 0 Å². The highest BCUT2D eigenvalue weighted by Gasteiger charge is 2.22. The third-order valence-electron chi connectivity index (χ3n) is 6.82. The Hall–Kier alpha value is -3.00. The van der Waals surface area contributed by atoms with Crippen molar-refractivity contribution < 1.29 is 0 Å². The third-order valence-corrected chi connectivity index (χ3v) is 6.82. The highest BCUT2D eigenvalue weighted by Crippen LogP contribution is 2.39. The van der Waals surface area contributed by atoms with Gasteiger partial charge in [0.2, 0.25) is 0 Å². The summed E-state index contributed by atoms with van der Waals surface area (Å²) in [7, 11) is 0. The van der Waals surface area contributed by atoms with Crippen LogP contribution >= 0.6 is 0 Å². The molecule has 5 rings (SSSR count). The zero-order valence-electron chi connectivity index (χ0n) is 18.3. The van der Waals surface area contributed by atoms with E-state index in [1.54, 1.807) is 0 Å². The summed E-state index contributed by atoms with van der Waals surface area (Å²) in [6.45, 7) is 6.57. The summed E-state index contributed by atoms with van der Waals surface area (Å²) in [5, 5.41) is 2.57. The normalized spacial score (nSPS) is 19.2. The molecule has 3 aromatic rings. The monoisotopic (exact) mass is 406 g/mol. The summed E-state index contributed by atoms with van der Waals surface area (Å²) >= 11 is 0. The zero-order valence-corrected chi connectivity index (χ0v) is 18.3. The van der Waals surface area contributed by atoms with Crippen LogP contribution in [0.4, 0.5) is 0 Å². The van der Waals surface area contributed by atoms with Crippen LogP contribution in [0.3, 0.4) is 0 Å². The van der Waals surface area contributed by atoms with Gasteiger partial charge < -0.3 is 0 Å². The van der Waals surface area contributed by atoms with Crippen LogP contribution in [-0.2, 0) is 0 Å². The topological polar surface area (TPSA) is 25.8 Å². The molecule has 0 spiro atoms. The fraction of sp³-hybridized carbons (Fsp3) is 0.310. The van der Waals surface area contributed by atoms with Crippen molar-refractivity contribution in [3.05, 3.63) is 90.4 Å². The van der Waals surface area contributed by atoms with E-state index in [-0.39, 0.29) is 0 Å². The Kier molecular flexibility index (Phi) is 5.55. The van der Waals surface area contributed by atoms with Crippen LogP contribution in [0, 0.1) is 5.92 Å². The molecule has 156 valence electrons. The van der Waals surface area contributed by atoms with E-state index in [0.29, 0.717) is 11.8 Å². The molecule has 0 amide bonds. The van der Waals surface area contributed by atoms with Gasteiger partial charge in [0.15, 0.2) is 0 Å². The standard InChI is InChI=1S/C29H30N2/c1-3-7-21-11-12-23(16-20(21)2)24-13-14-25-18-28(26-10-6-15-30-19-26)31-29(27(25)17-24)22-8-4-5-9-22/h6,10-19,21-22H,2-5,7-9H2,1H3. The maximum Gasteiger partial charge on any atom is 0.0727 e. The number of nitrogens with zero attached hydrogens (tertiary/aromatic N) is 2. The van der Waals surface area contributed by atoms with Crippen LogP contribution in [0.15, 0.2) is 79.2 Å². The summed E-state index contributed by atoms with van der Waals surface area (Å²) in [4.78, 5) is 9.50. The van der Waals surface area contributed by atoms with Crippen molar-refractivity contribution in [3.8, 4) is 11.3 Å². The first-order valence-corrected chi connectivity index (χ1v) is 11.7. The quantitative estimate of drug-likeness (QED) is 0.430. The molecule has 2 heteroatoms. The molecule has 0 aliphatic heterocycles. The summed E-state index contributed by atoms with van der Waals surface area (Å²) in [6.07, 6.45) is 18.0. The molecule has 1 aromatic carbocycles. The lowest BCUT2D eigenvalue weighted by molar-refractivity contribution is 0.669. The SMILES string of the molecule is C=C1C=C(c2ccc3cc(-c4cccnc4)nc(C4CCCC4)c3c2)C=CC1CCC. The van der Waals surface area contributed by atoms with E-state index in [1.165, 1.54) is 71.7 Å². The number of allylic oxidation sites excluding steroid dienone is 5. The molecule has 2 aromatic heterocycles. The minimum Gasteiger partial charge on any atom is -0.264 e. The predicted molar refractivity (Wildman–Crippen MR) is 131 cm³/mol. The lowest BCUT2D eigenvalue weighted by atomic mass is 9.86. The molecule has 2 heterocycles. The van der Waals surface area contributed by atoms with Gasteiger partial charge in [-0.05, 0) is 65.6 Å². The van der Waals surface area contributed by atoms with Crippen LogP contribution < -0.4 is 0 Å². The molecular formula is C29H30N2. The first kappa shape index (κ1) is 19.9. The Morgan fingerprint density at radius 3 is 2.68 bits per heavy atom. The Labute approximate surface area is 185 Å². The summed E-state index contributed by atoms with van der Waals surface area (Å²) in [5.74, 6) is 1.03. The van der Waals surface area contributed by atoms with Crippen LogP contribution in [0.2, 0.25) is 0 Å². The molecule has 0 bridgehead atoms. The molecule has 1 saturated carbocycles. The molecule has 0 radical (unpaired) electrons. The second-order valence-electron chi connectivity index (χ2n) is 8.98. The summed E-state index contributed by atoms with van der Waals surface area (Å²) < 4.78 is 0. The molecule has 2 aliphatic rings. The van der Waals surface area contributed by atoms with Crippen molar-refractivity contribution in [1.82, 2.24) is 9.97 Å². The van der Waals surface area contributed by atoms with Crippen molar-refractivity contribution in [2.45, 2.75) is 51.4 Å². The number of fused-ring (bicyclic) bond motifs is 1. The van der Waals surface area contributed by atoms with E-state index in [4.69, 9.17) is 4.98 Å². The van der Waals surface area contributed by atoms with Crippen molar-refractivity contribution in [2.24, 2.45) is 5.92 Å². The largest absolute Gasteiger partial charge is 0.264 e. The van der Waals surface area contributed by atoms with E-state index in [0.717, 1.165) is 11.3 Å². The highest BCUT2D eigenvalue weighted by atomic mass is 14.7. The van der Waals surface area contributed by atoms with Crippen LogP contribution in [0.25, 0.3) is 27.6 Å². The summed E-state index contributed by atoms with van der Waals surface area (Å²) in [6, 6.07) is 13.2. The Morgan fingerprint density at radius 2 is 1.94 bits per heavy atom. The average molecular weight is 407 g/mol. The van der Waals surface area contributed by atoms with E-state index < -0.39 is 0 Å². The minimum absolute atomic E-state index is 0.479. The summed E-state index contributed by atoms with van der Waals surface area (Å²) in [5.41, 5.74) is 7.12. The second-order valence-corrected chi connectivity index (χ2v) is 8.98. The number of aromatic nitrogens is 2. The molecule has 0 N–H and O–H groups in total. The number of rotatable bonds is 5. The molecule has 2 aliphatic carbocycles. The number of hydrogen-bond acceptors (Lipinski definition) is 2. The van der Waals surface area contributed by atoms with E-state index in [2.05, 4.69) is 67.0 Å². The molecular weight excluding hydrogens is 376 g/mol. The Bertz CT molecular complexity index is 1160. The second kappa shape index (κ2) is 8.63. The third kappa shape index (κ3) is 3.99. The van der Waals surface area contributed by atoms with Crippen molar-refractivity contribution in [3.63, 3.8) is 0 Å². The lowest BCUT2D eigenvalue weighted by Gasteiger charge is -2.19. The highest BCUT2D eigenvalue weighted by molar-refractivity contribution is 5.92. The molecule has 31 heavy (non-hydrogen) atoms. The van der Waals surface area contributed by atoms with Gasteiger partial charge in [0.25, 0.3) is 0 Å². The van der Waals surface area contributed by atoms with Crippen molar-refractivity contribution in [1.29, 1.82) is 0 Å².